The summed E-state index contributed by atoms with van der Waals surface area (Å²) >= 11 is 0. The summed E-state index contributed by atoms with van der Waals surface area (Å²) < 4.78 is 0. The lowest BCUT2D eigenvalue weighted by atomic mass is 9.88. The van der Waals surface area contributed by atoms with Crippen LogP contribution in [-0.2, 0) is 6.42 Å². The van der Waals surface area contributed by atoms with Crippen LogP contribution in [0.4, 0.5) is 0 Å². The van der Waals surface area contributed by atoms with Crippen molar-refractivity contribution in [1.29, 1.82) is 5.26 Å². The number of carbonyl (C=O) groups is 1. The summed E-state index contributed by atoms with van der Waals surface area (Å²) in [7, 11) is 0. The SMILES string of the molecule is Cc1cc2c(cc1C#N)CCCC2=O. The first kappa shape index (κ1) is 8.96. The summed E-state index contributed by atoms with van der Waals surface area (Å²) in [6, 6.07) is 5.87. The van der Waals surface area contributed by atoms with Crippen molar-refractivity contribution in [2.45, 2.75) is 26.2 Å². The third kappa shape index (κ3) is 1.31. The first-order valence-corrected chi connectivity index (χ1v) is 4.79. The highest BCUT2D eigenvalue weighted by atomic mass is 16.1. The highest BCUT2D eigenvalue weighted by Gasteiger charge is 2.18. The van der Waals surface area contributed by atoms with Crippen molar-refractivity contribution in [2.24, 2.45) is 0 Å². The molecule has 0 bridgehead atoms. The van der Waals surface area contributed by atoms with Gasteiger partial charge in [-0.1, -0.05) is 0 Å². The Morgan fingerprint density at radius 2 is 2.14 bits per heavy atom. The fraction of sp³-hybridized carbons (Fsp3) is 0.333. The molecule has 14 heavy (non-hydrogen) atoms. The number of ketones is 1. The molecule has 0 radical (unpaired) electrons. The molecule has 2 nitrogen and oxygen atoms in total. The minimum atomic E-state index is 0.221. The van der Waals surface area contributed by atoms with E-state index in [0.717, 1.165) is 29.5 Å². The normalized spacial score (nSPS) is 14.7. The number of hydrogen-bond donors (Lipinski definition) is 0. The van der Waals surface area contributed by atoms with Gasteiger partial charge in [0.15, 0.2) is 5.78 Å². The maximum absolute atomic E-state index is 11.6. The van der Waals surface area contributed by atoms with Gasteiger partial charge < -0.3 is 0 Å². The second-order valence-electron chi connectivity index (χ2n) is 3.71. The van der Waals surface area contributed by atoms with Gasteiger partial charge in [0.1, 0.15) is 0 Å². The Morgan fingerprint density at radius 3 is 2.86 bits per heavy atom. The van der Waals surface area contributed by atoms with Gasteiger partial charge in [-0.25, -0.2) is 0 Å². The van der Waals surface area contributed by atoms with Crippen LogP contribution < -0.4 is 0 Å². The average molecular weight is 185 g/mol. The zero-order chi connectivity index (χ0) is 10.1. The van der Waals surface area contributed by atoms with E-state index in [1.165, 1.54) is 0 Å². The van der Waals surface area contributed by atoms with Crippen LogP contribution in [0.5, 0.6) is 0 Å². The molecule has 0 fully saturated rings. The van der Waals surface area contributed by atoms with Gasteiger partial charge in [0, 0.05) is 12.0 Å². The maximum atomic E-state index is 11.6. The number of hydrogen-bond acceptors (Lipinski definition) is 2. The van der Waals surface area contributed by atoms with Crippen molar-refractivity contribution in [3.05, 3.63) is 34.4 Å². The van der Waals surface area contributed by atoms with Crippen molar-refractivity contribution < 1.29 is 4.79 Å². The molecule has 1 aliphatic rings. The van der Waals surface area contributed by atoms with Gasteiger partial charge in [0.2, 0.25) is 0 Å². The quantitative estimate of drug-likeness (QED) is 0.622. The van der Waals surface area contributed by atoms with Gasteiger partial charge in [-0.2, -0.15) is 5.26 Å². The molecule has 0 aromatic heterocycles. The molecule has 2 rings (SSSR count). The van der Waals surface area contributed by atoms with E-state index in [1.54, 1.807) is 0 Å². The zero-order valence-corrected chi connectivity index (χ0v) is 8.13. The molecular weight excluding hydrogens is 174 g/mol. The molecule has 0 N–H and O–H groups in total. The number of benzene rings is 1. The number of carbonyl (C=O) groups excluding carboxylic acids is 1. The van der Waals surface area contributed by atoms with E-state index in [0.29, 0.717) is 12.0 Å². The van der Waals surface area contributed by atoms with Crippen molar-refractivity contribution >= 4 is 5.78 Å². The number of rotatable bonds is 0. The second-order valence-corrected chi connectivity index (χ2v) is 3.71. The summed E-state index contributed by atoms with van der Waals surface area (Å²) in [5.41, 5.74) is 3.47. The molecule has 0 aliphatic heterocycles. The Hall–Kier alpha value is -1.62. The molecule has 0 atom stereocenters. The monoisotopic (exact) mass is 185 g/mol. The van der Waals surface area contributed by atoms with Crippen LogP contribution in [0.3, 0.4) is 0 Å². The minimum Gasteiger partial charge on any atom is -0.294 e. The Labute approximate surface area is 83.2 Å². The Balaban J connectivity index is 2.61. The minimum absolute atomic E-state index is 0.221. The van der Waals surface area contributed by atoms with E-state index < -0.39 is 0 Å². The molecule has 0 unspecified atom stereocenters. The molecule has 0 spiro atoms. The summed E-state index contributed by atoms with van der Waals surface area (Å²) in [4.78, 5) is 11.6. The fourth-order valence-electron chi connectivity index (χ4n) is 1.91. The molecule has 0 saturated carbocycles. The first-order valence-electron chi connectivity index (χ1n) is 4.79. The van der Waals surface area contributed by atoms with Crippen LogP contribution in [-0.4, -0.2) is 5.78 Å². The van der Waals surface area contributed by atoms with Gasteiger partial charge in [-0.05, 0) is 43.0 Å². The predicted octanol–water partition coefficient (Wildman–Crippen LogP) is 2.39. The van der Waals surface area contributed by atoms with E-state index in [2.05, 4.69) is 6.07 Å². The lowest BCUT2D eigenvalue weighted by Gasteiger charge is -2.15. The van der Waals surface area contributed by atoms with Crippen molar-refractivity contribution in [3.8, 4) is 6.07 Å². The third-order valence-electron chi connectivity index (χ3n) is 2.72. The zero-order valence-electron chi connectivity index (χ0n) is 8.13. The molecule has 1 aromatic rings. The van der Waals surface area contributed by atoms with E-state index in [1.807, 2.05) is 19.1 Å². The van der Waals surface area contributed by atoms with E-state index >= 15 is 0 Å². The summed E-state index contributed by atoms with van der Waals surface area (Å²) in [6.07, 6.45) is 2.49. The highest BCUT2D eigenvalue weighted by molar-refractivity contribution is 5.98. The Bertz CT molecular complexity index is 440. The first-order chi connectivity index (χ1) is 6.72. The van der Waals surface area contributed by atoms with E-state index in [4.69, 9.17) is 5.26 Å². The van der Waals surface area contributed by atoms with Gasteiger partial charge in [-0.15, -0.1) is 0 Å². The second kappa shape index (κ2) is 3.26. The van der Waals surface area contributed by atoms with Crippen LogP contribution in [0.2, 0.25) is 0 Å². The third-order valence-corrected chi connectivity index (χ3v) is 2.72. The largest absolute Gasteiger partial charge is 0.294 e. The smallest absolute Gasteiger partial charge is 0.163 e. The molecule has 0 amide bonds. The number of nitrogens with zero attached hydrogens (tertiary/aromatic N) is 1. The molecule has 70 valence electrons. The van der Waals surface area contributed by atoms with E-state index in [-0.39, 0.29) is 5.78 Å². The molecule has 2 heteroatoms. The lowest BCUT2D eigenvalue weighted by molar-refractivity contribution is 0.0972. The summed E-state index contributed by atoms with van der Waals surface area (Å²) in [5.74, 6) is 0.221. The molecular formula is C12H11NO. The van der Waals surface area contributed by atoms with Gasteiger partial charge in [0.25, 0.3) is 0 Å². The fourth-order valence-corrected chi connectivity index (χ4v) is 1.91. The van der Waals surface area contributed by atoms with Gasteiger partial charge in [0.05, 0.1) is 11.6 Å². The standard InChI is InChI=1S/C12H11NO/c1-8-5-11-9(6-10(8)7-13)3-2-4-12(11)14/h5-6H,2-4H2,1H3. The number of nitriles is 1. The molecule has 0 heterocycles. The van der Waals surface area contributed by atoms with E-state index in [9.17, 15) is 4.79 Å². The molecule has 0 saturated heterocycles. The number of fused-ring (bicyclic) bond motifs is 1. The Morgan fingerprint density at radius 1 is 1.36 bits per heavy atom. The summed E-state index contributed by atoms with van der Waals surface area (Å²) in [5, 5.41) is 8.85. The van der Waals surface area contributed by atoms with Crippen LogP contribution in [0.15, 0.2) is 12.1 Å². The van der Waals surface area contributed by atoms with Crippen LogP contribution in [0.1, 0.15) is 39.9 Å². The van der Waals surface area contributed by atoms with Crippen molar-refractivity contribution in [3.63, 3.8) is 0 Å². The predicted molar refractivity (Wildman–Crippen MR) is 53.2 cm³/mol. The van der Waals surface area contributed by atoms with Crippen LogP contribution >= 0.6 is 0 Å². The highest BCUT2D eigenvalue weighted by Crippen LogP contribution is 2.24. The van der Waals surface area contributed by atoms with Gasteiger partial charge >= 0.3 is 0 Å². The average Bonchev–Trinajstić information content (AvgIpc) is 2.19. The Kier molecular flexibility index (Phi) is 2.09. The molecule has 1 aliphatic carbocycles. The van der Waals surface area contributed by atoms with Crippen molar-refractivity contribution in [2.75, 3.05) is 0 Å². The topological polar surface area (TPSA) is 40.9 Å². The number of Topliss-reactive ketones (excluding diaryl/α,β-unsaturated/α-hetero) is 1. The van der Waals surface area contributed by atoms with Gasteiger partial charge in [-0.3, -0.25) is 4.79 Å². The number of aryl methyl sites for hydroxylation is 2. The lowest BCUT2D eigenvalue weighted by Crippen LogP contribution is -2.11. The summed E-state index contributed by atoms with van der Waals surface area (Å²) in [6.45, 7) is 1.88. The van der Waals surface area contributed by atoms with Crippen LogP contribution in [0, 0.1) is 18.3 Å². The van der Waals surface area contributed by atoms with Crippen LogP contribution in [0.25, 0.3) is 0 Å². The van der Waals surface area contributed by atoms with Crippen molar-refractivity contribution in [1.82, 2.24) is 0 Å². The molecule has 1 aromatic carbocycles. The maximum Gasteiger partial charge on any atom is 0.163 e.